The van der Waals surface area contributed by atoms with Crippen LogP contribution in [0.2, 0.25) is 0 Å². The van der Waals surface area contributed by atoms with Gasteiger partial charge in [0.2, 0.25) is 0 Å². The Morgan fingerprint density at radius 3 is 2.33 bits per heavy atom. The van der Waals surface area contributed by atoms with Crippen molar-refractivity contribution in [1.82, 2.24) is 10.6 Å². The summed E-state index contributed by atoms with van der Waals surface area (Å²) in [5, 5.41) is 5.73. The van der Waals surface area contributed by atoms with Gasteiger partial charge in [0, 0.05) is 7.05 Å². The van der Waals surface area contributed by atoms with E-state index in [9.17, 15) is 4.79 Å². The molecular formula is C8H15N3O. The first-order valence-electron chi connectivity index (χ1n) is 4.07. The minimum absolute atomic E-state index is 0.00176. The van der Waals surface area contributed by atoms with Crippen LogP contribution in [-0.4, -0.2) is 24.5 Å². The Balaban J connectivity index is 2.89. The first-order valence-corrected chi connectivity index (χ1v) is 4.07. The zero-order chi connectivity index (χ0) is 9.35. The maximum atomic E-state index is 11.5. The highest BCUT2D eigenvalue weighted by molar-refractivity contribution is 6.08. The number of aliphatic imine (C=N–C) groups is 1. The van der Waals surface area contributed by atoms with Crippen LogP contribution in [0.4, 0.5) is 0 Å². The SMILES string of the molecule is CN=C1NC(=O)C(C)(C(C)C)N1. The molecule has 0 aromatic carbocycles. The highest BCUT2D eigenvalue weighted by Gasteiger charge is 2.42. The second-order valence-electron chi connectivity index (χ2n) is 3.51. The summed E-state index contributed by atoms with van der Waals surface area (Å²) >= 11 is 0. The first kappa shape index (κ1) is 9.03. The molecular weight excluding hydrogens is 154 g/mol. The monoisotopic (exact) mass is 169 g/mol. The minimum atomic E-state index is -0.505. The molecule has 1 aliphatic heterocycles. The topological polar surface area (TPSA) is 53.5 Å². The number of carbonyl (C=O) groups is 1. The lowest BCUT2D eigenvalue weighted by Gasteiger charge is -2.25. The van der Waals surface area contributed by atoms with Gasteiger partial charge in [0.15, 0.2) is 5.96 Å². The number of carbonyl (C=O) groups excluding carboxylic acids is 1. The van der Waals surface area contributed by atoms with E-state index in [4.69, 9.17) is 0 Å². The van der Waals surface area contributed by atoms with Gasteiger partial charge in [-0.05, 0) is 12.8 Å². The Labute approximate surface area is 72.4 Å². The lowest BCUT2D eigenvalue weighted by molar-refractivity contribution is -0.124. The molecule has 1 amide bonds. The fourth-order valence-corrected chi connectivity index (χ4v) is 1.09. The van der Waals surface area contributed by atoms with E-state index >= 15 is 0 Å². The van der Waals surface area contributed by atoms with Crippen LogP contribution >= 0.6 is 0 Å². The highest BCUT2D eigenvalue weighted by Crippen LogP contribution is 2.19. The molecule has 0 saturated carbocycles. The Morgan fingerprint density at radius 1 is 1.50 bits per heavy atom. The number of nitrogens with zero attached hydrogens (tertiary/aromatic N) is 1. The van der Waals surface area contributed by atoms with Crippen molar-refractivity contribution in [3.63, 3.8) is 0 Å². The predicted molar refractivity (Wildman–Crippen MR) is 47.9 cm³/mol. The van der Waals surface area contributed by atoms with Crippen molar-refractivity contribution in [2.24, 2.45) is 10.9 Å². The number of guanidine groups is 1. The molecule has 1 atom stereocenters. The molecule has 1 aliphatic rings. The quantitative estimate of drug-likeness (QED) is 0.585. The van der Waals surface area contributed by atoms with Crippen molar-refractivity contribution in [3.05, 3.63) is 0 Å². The molecule has 12 heavy (non-hydrogen) atoms. The number of hydrogen-bond donors (Lipinski definition) is 2. The summed E-state index contributed by atoms with van der Waals surface area (Å²) in [7, 11) is 1.65. The molecule has 2 N–H and O–H groups in total. The van der Waals surface area contributed by atoms with Crippen LogP contribution in [-0.2, 0) is 4.79 Å². The van der Waals surface area contributed by atoms with Crippen molar-refractivity contribution >= 4 is 11.9 Å². The second kappa shape index (κ2) is 2.77. The molecule has 4 heteroatoms. The zero-order valence-electron chi connectivity index (χ0n) is 7.93. The lowest BCUT2D eigenvalue weighted by atomic mass is 9.89. The van der Waals surface area contributed by atoms with E-state index in [1.807, 2.05) is 20.8 Å². The summed E-state index contributed by atoms with van der Waals surface area (Å²) in [5.74, 6) is 0.811. The minimum Gasteiger partial charge on any atom is -0.342 e. The van der Waals surface area contributed by atoms with E-state index in [-0.39, 0.29) is 11.8 Å². The third-order valence-electron chi connectivity index (χ3n) is 2.46. The first-order chi connectivity index (χ1) is 5.50. The van der Waals surface area contributed by atoms with Gasteiger partial charge in [-0.15, -0.1) is 0 Å². The molecule has 4 nitrogen and oxygen atoms in total. The van der Waals surface area contributed by atoms with E-state index in [1.165, 1.54) is 0 Å². The fourth-order valence-electron chi connectivity index (χ4n) is 1.09. The normalized spacial score (nSPS) is 32.4. The molecule has 1 fully saturated rings. The zero-order valence-corrected chi connectivity index (χ0v) is 7.93. The van der Waals surface area contributed by atoms with Crippen LogP contribution in [0.25, 0.3) is 0 Å². The van der Waals surface area contributed by atoms with Crippen LogP contribution in [0.5, 0.6) is 0 Å². The fraction of sp³-hybridized carbons (Fsp3) is 0.750. The Morgan fingerprint density at radius 2 is 2.08 bits per heavy atom. The van der Waals surface area contributed by atoms with E-state index in [0.29, 0.717) is 5.96 Å². The lowest BCUT2D eigenvalue weighted by Crippen LogP contribution is -2.48. The Bertz CT molecular complexity index is 234. The van der Waals surface area contributed by atoms with E-state index in [1.54, 1.807) is 7.05 Å². The summed E-state index contributed by atoms with van der Waals surface area (Å²) in [6, 6.07) is 0. The van der Waals surface area contributed by atoms with Gasteiger partial charge in [-0.2, -0.15) is 0 Å². The average molecular weight is 169 g/mol. The van der Waals surface area contributed by atoms with Gasteiger partial charge in [0.1, 0.15) is 5.54 Å². The maximum Gasteiger partial charge on any atom is 0.252 e. The van der Waals surface area contributed by atoms with Gasteiger partial charge < -0.3 is 5.32 Å². The Hall–Kier alpha value is -1.06. The summed E-state index contributed by atoms with van der Waals surface area (Å²) in [6.07, 6.45) is 0. The average Bonchev–Trinajstić information content (AvgIpc) is 2.29. The van der Waals surface area contributed by atoms with Crippen LogP contribution in [0, 0.1) is 5.92 Å². The van der Waals surface area contributed by atoms with Gasteiger partial charge in [-0.25, -0.2) is 0 Å². The smallest absolute Gasteiger partial charge is 0.252 e. The third kappa shape index (κ3) is 1.17. The van der Waals surface area contributed by atoms with Crippen LogP contribution in [0.15, 0.2) is 4.99 Å². The Kier molecular flexibility index (Phi) is 2.08. The molecule has 1 heterocycles. The van der Waals surface area contributed by atoms with Crippen molar-refractivity contribution in [3.8, 4) is 0 Å². The summed E-state index contributed by atoms with van der Waals surface area (Å²) < 4.78 is 0. The van der Waals surface area contributed by atoms with Crippen molar-refractivity contribution in [1.29, 1.82) is 0 Å². The molecule has 0 spiro atoms. The van der Waals surface area contributed by atoms with Gasteiger partial charge in [0.05, 0.1) is 0 Å². The molecule has 0 bridgehead atoms. The van der Waals surface area contributed by atoms with Crippen LogP contribution in [0.3, 0.4) is 0 Å². The number of amides is 1. The molecule has 0 radical (unpaired) electrons. The highest BCUT2D eigenvalue weighted by atomic mass is 16.2. The summed E-state index contributed by atoms with van der Waals surface area (Å²) in [4.78, 5) is 15.3. The number of nitrogens with one attached hydrogen (secondary N) is 2. The molecule has 0 aliphatic carbocycles. The van der Waals surface area contributed by atoms with Gasteiger partial charge in [-0.1, -0.05) is 13.8 Å². The van der Waals surface area contributed by atoms with Crippen LogP contribution in [0.1, 0.15) is 20.8 Å². The second-order valence-corrected chi connectivity index (χ2v) is 3.51. The molecule has 68 valence electrons. The van der Waals surface area contributed by atoms with Crippen molar-refractivity contribution in [2.45, 2.75) is 26.3 Å². The van der Waals surface area contributed by atoms with E-state index in [0.717, 1.165) is 0 Å². The van der Waals surface area contributed by atoms with Crippen molar-refractivity contribution in [2.75, 3.05) is 7.05 Å². The van der Waals surface area contributed by atoms with Crippen molar-refractivity contribution < 1.29 is 4.79 Å². The molecule has 1 saturated heterocycles. The standard InChI is InChI=1S/C8H15N3O/c1-5(2)8(3)6(12)10-7(9-4)11-8/h5H,1-4H3,(H2,9,10,11,12). The molecule has 1 unspecified atom stereocenters. The van der Waals surface area contributed by atoms with E-state index in [2.05, 4.69) is 15.6 Å². The number of rotatable bonds is 1. The van der Waals surface area contributed by atoms with Gasteiger partial charge in [-0.3, -0.25) is 15.1 Å². The van der Waals surface area contributed by atoms with E-state index < -0.39 is 5.54 Å². The summed E-state index contributed by atoms with van der Waals surface area (Å²) in [6.45, 7) is 5.89. The third-order valence-corrected chi connectivity index (χ3v) is 2.46. The van der Waals surface area contributed by atoms with Crippen LogP contribution < -0.4 is 10.6 Å². The van der Waals surface area contributed by atoms with Gasteiger partial charge in [0.25, 0.3) is 5.91 Å². The molecule has 1 rings (SSSR count). The number of hydrogen-bond acceptors (Lipinski definition) is 2. The maximum absolute atomic E-state index is 11.5. The van der Waals surface area contributed by atoms with Gasteiger partial charge >= 0.3 is 0 Å². The molecule has 0 aromatic heterocycles. The molecule has 0 aromatic rings. The summed E-state index contributed by atoms with van der Waals surface area (Å²) in [5.41, 5.74) is -0.505. The predicted octanol–water partition coefficient (Wildman–Crippen LogP) is 0.106. The largest absolute Gasteiger partial charge is 0.342 e.